The molecule has 1 fully saturated rings. The van der Waals surface area contributed by atoms with Crippen LogP contribution in [-0.4, -0.2) is 37.9 Å². The topological polar surface area (TPSA) is 24.9 Å². The monoisotopic (exact) mass is 426 g/mol. The summed E-state index contributed by atoms with van der Waals surface area (Å²) in [6.07, 6.45) is 3.42. The van der Waals surface area contributed by atoms with Gasteiger partial charge in [0.1, 0.15) is 18.1 Å². The molecule has 1 unspecified atom stereocenters. The summed E-state index contributed by atoms with van der Waals surface area (Å²) >= 11 is 0. The van der Waals surface area contributed by atoms with E-state index in [4.69, 9.17) is 9.47 Å². The van der Waals surface area contributed by atoms with Crippen molar-refractivity contribution in [2.45, 2.75) is 24.5 Å². The van der Waals surface area contributed by atoms with E-state index in [0.717, 1.165) is 37.6 Å². The molecule has 1 saturated heterocycles. The molecule has 0 spiro atoms. The number of anilines is 1. The number of benzene rings is 3. The summed E-state index contributed by atoms with van der Waals surface area (Å²) in [5, 5.41) is 0. The fourth-order valence-corrected chi connectivity index (χ4v) is 5.35. The van der Waals surface area contributed by atoms with Crippen molar-refractivity contribution in [3.8, 4) is 11.5 Å². The lowest BCUT2D eigenvalue weighted by Gasteiger charge is -2.37. The van der Waals surface area contributed by atoms with Gasteiger partial charge in [-0.25, -0.2) is 0 Å². The first kappa shape index (κ1) is 20.7. The van der Waals surface area contributed by atoms with Crippen LogP contribution >= 0.6 is 0 Å². The molecule has 0 aromatic heterocycles. The highest BCUT2D eigenvalue weighted by Gasteiger charge is 2.55. The van der Waals surface area contributed by atoms with Gasteiger partial charge < -0.3 is 14.4 Å². The number of fused-ring (bicyclic) bond motifs is 3. The minimum absolute atomic E-state index is 0.120. The lowest BCUT2D eigenvalue weighted by molar-refractivity contribution is 0.181. The maximum absolute atomic E-state index is 6.04. The van der Waals surface area contributed by atoms with Crippen molar-refractivity contribution >= 4 is 5.69 Å². The maximum Gasteiger partial charge on any atom is 0.119 e. The molecule has 0 saturated carbocycles. The molecule has 0 radical (unpaired) electrons. The Morgan fingerprint density at radius 3 is 2.47 bits per heavy atom. The average Bonchev–Trinajstić information content (AvgIpc) is 3.34. The van der Waals surface area contributed by atoms with Crippen LogP contribution in [-0.2, 0) is 12.0 Å². The number of hydrogen-bond acceptors (Lipinski definition) is 4. The molecular formula is C28H30N2O2. The molecule has 164 valence electrons. The summed E-state index contributed by atoms with van der Waals surface area (Å²) in [7, 11) is 1.73. The Morgan fingerprint density at radius 1 is 1.00 bits per heavy atom. The smallest absolute Gasteiger partial charge is 0.119 e. The van der Waals surface area contributed by atoms with E-state index in [2.05, 4.69) is 71.0 Å². The molecule has 0 amide bonds. The van der Waals surface area contributed by atoms with Gasteiger partial charge in [0, 0.05) is 25.3 Å². The minimum atomic E-state index is -0.120. The number of methoxy groups -OCH3 is 1. The fraction of sp³-hybridized carbons (Fsp3) is 0.286. The summed E-state index contributed by atoms with van der Waals surface area (Å²) in [5.41, 5.74) is 3.78. The van der Waals surface area contributed by atoms with E-state index in [1.54, 1.807) is 7.11 Å². The summed E-state index contributed by atoms with van der Waals surface area (Å²) in [4.78, 5) is 5.10. The zero-order chi connectivity index (χ0) is 22.0. The van der Waals surface area contributed by atoms with Crippen LogP contribution in [0.3, 0.4) is 0 Å². The van der Waals surface area contributed by atoms with E-state index in [9.17, 15) is 0 Å². The summed E-state index contributed by atoms with van der Waals surface area (Å²) < 4.78 is 11.6. The molecule has 0 aliphatic carbocycles. The second-order valence-corrected chi connectivity index (χ2v) is 8.56. The van der Waals surface area contributed by atoms with Gasteiger partial charge in [0.2, 0.25) is 0 Å². The first-order valence-corrected chi connectivity index (χ1v) is 11.3. The van der Waals surface area contributed by atoms with E-state index in [1.165, 1.54) is 16.8 Å². The van der Waals surface area contributed by atoms with Crippen LogP contribution in [0.15, 0.2) is 91.5 Å². The van der Waals surface area contributed by atoms with Gasteiger partial charge in [-0.1, -0.05) is 54.6 Å². The van der Waals surface area contributed by atoms with Gasteiger partial charge in [0.25, 0.3) is 0 Å². The van der Waals surface area contributed by atoms with Crippen molar-refractivity contribution in [2.75, 3.05) is 31.7 Å². The lowest BCUT2D eigenvalue weighted by atomic mass is 9.79. The Bertz CT molecular complexity index is 1070. The average molecular weight is 427 g/mol. The number of nitrogens with zero attached hydrogens (tertiary/aromatic N) is 2. The lowest BCUT2D eigenvalue weighted by Crippen LogP contribution is -2.50. The Balaban J connectivity index is 1.46. The third-order valence-corrected chi connectivity index (χ3v) is 6.88. The highest BCUT2D eigenvalue weighted by atomic mass is 16.5. The molecule has 32 heavy (non-hydrogen) atoms. The van der Waals surface area contributed by atoms with Crippen molar-refractivity contribution in [3.05, 3.63) is 103 Å². The van der Waals surface area contributed by atoms with Crippen molar-refractivity contribution in [1.29, 1.82) is 0 Å². The van der Waals surface area contributed by atoms with Gasteiger partial charge in [-0.2, -0.15) is 0 Å². The van der Waals surface area contributed by atoms with E-state index < -0.39 is 0 Å². The van der Waals surface area contributed by atoms with Crippen LogP contribution < -0.4 is 14.4 Å². The molecule has 5 rings (SSSR count). The molecule has 2 aliphatic rings. The Labute approximate surface area is 190 Å². The Hall–Kier alpha value is -3.24. The standard InChI is InChI=1S/C28H30N2O2/c1-3-28-16-17-29(18-19-32-23-12-8-5-9-13-23)27(28)30(21-22-10-6-4-7-11-22)26-15-14-24(31-2)20-25(26)28/h3-15,20,27H,1,16-19,21H2,2H3/t27?,28-/m1/s1. The first-order valence-electron chi connectivity index (χ1n) is 11.3. The van der Waals surface area contributed by atoms with Crippen LogP contribution in [0.1, 0.15) is 17.5 Å². The molecular weight excluding hydrogens is 396 g/mol. The van der Waals surface area contributed by atoms with Gasteiger partial charge in [-0.15, -0.1) is 6.58 Å². The molecule has 0 N–H and O–H groups in total. The first-order chi connectivity index (χ1) is 15.7. The highest BCUT2D eigenvalue weighted by molar-refractivity contribution is 5.68. The molecule has 3 aromatic carbocycles. The Morgan fingerprint density at radius 2 is 1.75 bits per heavy atom. The van der Waals surface area contributed by atoms with Gasteiger partial charge in [0.15, 0.2) is 0 Å². The number of ether oxygens (including phenoxy) is 2. The number of para-hydroxylation sites is 1. The summed E-state index contributed by atoms with van der Waals surface area (Å²) in [6.45, 7) is 7.70. The SMILES string of the molecule is C=C[C@]12CCN(CCOc3ccccc3)C1N(Cc1ccccc1)c1ccc(OC)cc12. The summed E-state index contributed by atoms with van der Waals surface area (Å²) in [6, 6.07) is 27.2. The van der Waals surface area contributed by atoms with E-state index in [-0.39, 0.29) is 11.6 Å². The predicted octanol–water partition coefficient (Wildman–Crippen LogP) is 5.25. The van der Waals surface area contributed by atoms with Gasteiger partial charge >= 0.3 is 0 Å². The molecule has 2 atom stereocenters. The zero-order valence-electron chi connectivity index (χ0n) is 18.6. The Kier molecular flexibility index (Phi) is 5.62. The van der Waals surface area contributed by atoms with Crippen LogP contribution in [0, 0.1) is 0 Å². The highest BCUT2D eigenvalue weighted by Crippen LogP contribution is 2.54. The van der Waals surface area contributed by atoms with Crippen molar-refractivity contribution in [2.24, 2.45) is 0 Å². The number of rotatable bonds is 8. The van der Waals surface area contributed by atoms with Crippen LogP contribution in [0.25, 0.3) is 0 Å². The van der Waals surface area contributed by atoms with Crippen molar-refractivity contribution < 1.29 is 9.47 Å². The summed E-state index contributed by atoms with van der Waals surface area (Å²) in [5.74, 6) is 1.82. The van der Waals surface area contributed by atoms with Gasteiger partial charge in [-0.3, -0.25) is 4.90 Å². The minimum Gasteiger partial charge on any atom is -0.497 e. The van der Waals surface area contributed by atoms with Gasteiger partial charge in [-0.05, 0) is 47.9 Å². The van der Waals surface area contributed by atoms with Crippen molar-refractivity contribution in [3.63, 3.8) is 0 Å². The quantitative estimate of drug-likeness (QED) is 0.459. The zero-order valence-corrected chi connectivity index (χ0v) is 18.6. The van der Waals surface area contributed by atoms with E-state index in [1.807, 2.05) is 30.3 Å². The van der Waals surface area contributed by atoms with Crippen LogP contribution in [0.2, 0.25) is 0 Å². The van der Waals surface area contributed by atoms with E-state index in [0.29, 0.717) is 6.61 Å². The molecule has 4 heteroatoms. The normalized spacial score (nSPS) is 21.8. The van der Waals surface area contributed by atoms with Crippen molar-refractivity contribution in [1.82, 2.24) is 4.90 Å². The molecule has 2 aliphatic heterocycles. The third-order valence-electron chi connectivity index (χ3n) is 6.88. The second-order valence-electron chi connectivity index (χ2n) is 8.56. The molecule has 3 aromatic rings. The van der Waals surface area contributed by atoms with E-state index >= 15 is 0 Å². The third kappa shape index (κ3) is 3.55. The van der Waals surface area contributed by atoms with Crippen LogP contribution in [0.5, 0.6) is 11.5 Å². The molecule has 4 nitrogen and oxygen atoms in total. The second kappa shape index (κ2) is 8.71. The molecule has 0 bridgehead atoms. The predicted molar refractivity (Wildman–Crippen MR) is 129 cm³/mol. The fourth-order valence-electron chi connectivity index (χ4n) is 5.35. The largest absolute Gasteiger partial charge is 0.497 e. The van der Waals surface area contributed by atoms with Gasteiger partial charge in [0.05, 0.1) is 18.7 Å². The van der Waals surface area contributed by atoms with Crippen LogP contribution in [0.4, 0.5) is 5.69 Å². The maximum atomic E-state index is 6.04. The number of hydrogen-bond donors (Lipinski definition) is 0. The molecule has 2 heterocycles. The number of likely N-dealkylation sites (tertiary alicyclic amines) is 1.